The second-order valence-electron chi connectivity index (χ2n) is 18.5. The number of carboxylic acid groups (broad SMARTS) is 1. The first kappa shape index (κ1) is 52.2. The van der Waals surface area contributed by atoms with E-state index in [1.165, 1.54) is 29.4 Å². The van der Waals surface area contributed by atoms with Gasteiger partial charge in [-0.3, -0.25) is 19.2 Å². The molecule has 0 aliphatic carbocycles. The van der Waals surface area contributed by atoms with Gasteiger partial charge in [0, 0.05) is 49.1 Å². The van der Waals surface area contributed by atoms with Crippen LogP contribution in [0.2, 0.25) is 0 Å². The number of rotatable bonds is 12. The number of carboxylic acids is 1. The van der Waals surface area contributed by atoms with Crippen LogP contribution in [-0.2, 0) is 40.3 Å². The molecule has 0 radical (unpaired) electrons. The Balaban J connectivity index is 0.000000226. The molecule has 10 nitrogen and oxygen atoms in total. The highest BCUT2D eigenvalue weighted by Crippen LogP contribution is 2.37. The number of ether oxygens (including phenoxy) is 3. The molecule has 2 aliphatic rings. The zero-order valence-electron chi connectivity index (χ0n) is 41.4. The first-order chi connectivity index (χ1) is 33.1. The second-order valence-corrected chi connectivity index (χ2v) is 18.5. The summed E-state index contributed by atoms with van der Waals surface area (Å²) in [6.45, 7) is 14.6. The van der Waals surface area contributed by atoms with E-state index in [1.54, 1.807) is 14.2 Å². The van der Waals surface area contributed by atoms with Crippen molar-refractivity contribution in [1.82, 2.24) is 9.80 Å². The minimum Gasteiger partial charge on any atom is -0.497 e. The Morgan fingerprint density at radius 1 is 0.500 bits per heavy atom. The predicted octanol–water partition coefficient (Wildman–Crippen LogP) is 11.6. The van der Waals surface area contributed by atoms with E-state index >= 15 is 0 Å². The van der Waals surface area contributed by atoms with E-state index in [2.05, 4.69) is 37.3 Å². The van der Waals surface area contributed by atoms with Crippen molar-refractivity contribution >= 4 is 23.8 Å². The molecule has 1 N–H and O–H groups in total. The average Bonchev–Trinajstić information content (AvgIpc) is 3.35. The maximum atomic E-state index is 13.3. The molecule has 2 aliphatic heterocycles. The zero-order valence-corrected chi connectivity index (χ0v) is 41.4. The average molecular weight is 945 g/mol. The lowest BCUT2D eigenvalue weighted by Crippen LogP contribution is -2.36. The fraction of sp³-hybridized carbons (Fsp3) is 0.333. The van der Waals surface area contributed by atoms with Crippen LogP contribution in [0.3, 0.4) is 0 Å². The summed E-state index contributed by atoms with van der Waals surface area (Å²) in [6.07, 6.45) is 1.85. The molecule has 2 heterocycles. The molecular formula is C60H68N2O8. The molecule has 366 valence electrons. The van der Waals surface area contributed by atoms with E-state index < -0.39 is 5.97 Å². The van der Waals surface area contributed by atoms with Gasteiger partial charge in [0.25, 0.3) is 11.8 Å². The number of benzene rings is 6. The van der Waals surface area contributed by atoms with E-state index in [0.29, 0.717) is 31.7 Å². The van der Waals surface area contributed by atoms with Crippen LogP contribution in [0.15, 0.2) is 109 Å². The highest BCUT2D eigenvalue weighted by atomic mass is 16.5. The molecule has 6 aromatic carbocycles. The molecule has 0 aromatic heterocycles. The van der Waals surface area contributed by atoms with Crippen LogP contribution in [0.4, 0.5) is 0 Å². The van der Waals surface area contributed by atoms with Crippen LogP contribution in [0, 0.1) is 41.5 Å². The van der Waals surface area contributed by atoms with Gasteiger partial charge in [-0.1, -0.05) is 68.1 Å². The van der Waals surface area contributed by atoms with Crippen molar-refractivity contribution in [3.63, 3.8) is 0 Å². The summed E-state index contributed by atoms with van der Waals surface area (Å²) < 4.78 is 15.7. The number of carbonyl (C=O) groups excluding carboxylic acids is 3. The van der Waals surface area contributed by atoms with Gasteiger partial charge in [-0.25, -0.2) is 0 Å². The smallest absolute Gasteiger partial charge is 0.306 e. The first-order valence-electron chi connectivity index (χ1n) is 23.6. The van der Waals surface area contributed by atoms with Crippen LogP contribution < -0.4 is 9.47 Å². The van der Waals surface area contributed by atoms with E-state index in [9.17, 15) is 24.3 Å². The second kappa shape index (κ2) is 22.9. The Morgan fingerprint density at radius 2 is 0.929 bits per heavy atom. The number of hydrogen-bond acceptors (Lipinski definition) is 7. The van der Waals surface area contributed by atoms with Crippen LogP contribution in [0.5, 0.6) is 11.5 Å². The van der Waals surface area contributed by atoms with Crippen molar-refractivity contribution in [1.29, 1.82) is 0 Å². The Kier molecular flexibility index (Phi) is 17.1. The third-order valence-electron chi connectivity index (χ3n) is 14.1. The molecule has 10 heteroatoms. The molecule has 8 rings (SSSR count). The summed E-state index contributed by atoms with van der Waals surface area (Å²) in [5.41, 5.74) is 16.8. The Bertz CT molecular complexity index is 2900. The zero-order chi connectivity index (χ0) is 49.5. The highest BCUT2D eigenvalue weighted by molar-refractivity contribution is 5.95. The third kappa shape index (κ3) is 12.0. The number of amides is 2. The van der Waals surface area contributed by atoms with Gasteiger partial charge in [-0.15, -0.1) is 0 Å². The van der Waals surface area contributed by atoms with Crippen LogP contribution in [0.25, 0.3) is 0 Å². The molecule has 0 bridgehead atoms. The molecule has 0 saturated heterocycles. The predicted molar refractivity (Wildman–Crippen MR) is 276 cm³/mol. The molecule has 6 aromatic rings. The van der Waals surface area contributed by atoms with Crippen LogP contribution in [0.1, 0.15) is 131 Å². The lowest BCUT2D eigenvalue weighted by molar-refractivity contribution is -0.141. The number of nitrogens with zero attached hydrogens (tertiary/aromatic N) is 2. The maximum absolute atomic E-state index is 13.3. The summed E-state index contributed by atoms with van der Waals surface area (Å²) in [7, 11) is 4.69. The molecule has 2 amide bonds. The number of aliphatic carboxylic acids is 1. The Labute approximate surface area is 414 Å². The van der Waals surface area contributed by atoms with Gasteiger partial charge in [0.1, 0.15) is 11.5 Å². The number of carbonyl (C=O) groups is 4. The van der Waals surface area contributed by atoms with E-state index in [-0.39, 0.29) is 49.9 Å². The van der Waals surface area contributed by atoms with Gasteiger partial charge in [-0.2, -0.15) is 0 Å². The Hall–Kier alpha value is -7.20. The van der Waals surface area contributed by atoms with Crippen molar-refractivity contribution in [2.45, 2.75) is 99.6 Å². The summed E-state index contributed by atoms with van der Waals surface area (Å²) in [5.74, 6) is 0.103. The van der Waals surface area contributed by atoms with Crippen molar-refractivity contribution in [2.24, 2.45) is 0 Å². The van der Waals surface area contributed by atoms with E-state index in [4.69, 9.17) is 14.2 Å². The van der Waals surface area contributed by atoms with Gasteiger partial charge in [-0.05, 0) is 181 Å². The van der Waals surface area contributed by atoms with Crippen molar-refractivity contribution in [3.05, 3.63) is 198 Å². The highest BCUT2D eigenvalue weighted by Gasteiger charge is 2.28. The molecule has 0 fully saturated rings. The summed E-state index contributed by atoms with van der Waals surface area (Å²) in [5, 5.41) is 9.64. The van der Waals surface area contributed by atoms with Crippen molar-refractivity contribution in [3.8, 4) is 11.5 Å². The fourth-order valence-corrected chi connectivity index (χ4v) is 9.62. The SMILES string of the molecule is C.COC(=O)CC(c1ccc2c(c1)CN(C(=O)c1ccc(C)c(C)c1)CC2)c1ccc(OC)cc1C.COc1ccc(C(CC(=O)O)c2ccc3c(c2)CN(C(=O)c2ccc(C)c(C)c2)CC3)c(C)c1. The van der Waals surface area contributed by atoms with Crippen LogP contribution >= 0.6 is 0 Å². The van der Waals surface area contributed by atoms with Crippen LogP contribution in [-0.4, -0.2) is 73.1 Å². The number of aryl methyl sites for hydroxylation is 6. The molecule has 70 heavy (non-hydrogen) atoms. The third-order valence-corrected chi connectivity index (χ3v) is 14.1. The minimum atomic E-state index is -0.843. The van der Waals surface area contributed by atoms with Gasteiger partial charge in [0.05, 0.1) is 34.2 Å². The summed E-state index contributed by atoms with van der Waals surface area (Å²) >= 11 is 0. The maximum Gasteiger partial charge on any atom is 0.306 e. The molecule has 0 saturated carbocycles. The van der Waals surface area contributed by atoms with E-state index in [0.717, 1.165) is 85.5 Å². The lowest BCUT2D eigenvalue weighted by Gasteiger charge is -2.30. The molecule has 0 spiro atoms. The van der Waals surface area contributed by atoms with Gasteiger partial charge in [0.2, 0.25) is 0 Å². The number of esters is 1. The number of methoxy groups -OCH3 is 3. The summed E-state index contributed by atoms with van der Waals surface area (Å²) in [4.78, 5) is 54.4. The molecular weight excluding hydrogens is 877 g/mol. The number of fused-ring (bicyclic) bond motifs is 2. The molecule has 2 atom stereocenters. The quantitative estimate of drug-likeness (QED) is 0.120. The van der Waals surface area contributed by atoms with Crippen molar-refractivity contribution in [2.75, 3.05) is 34.4 Å². The number of hydrogen-bond donors (Lipinski definition) is 1. The standard InChI is InChI=1S/C30H33NO4.C29H31NO4.CH4/c1-19-6-7-24(14-20(19)2)30(33)31-13-12-22-8-9-23(16-25(22)18-31)28(17-29(32)35-5)27-11-10-26(34-4)15-21(27)3;1-18-5-6-23(13-19(18)2)29(33)30-12-11-21-7-8-22(15-24(21)17-30)27(16-28(31)32)26-10-9-25(34-4)14-20(26)3;/h6-11,14-16,28H,12-13,17-18H2,1-5H3;5-10,13-15,27H,11-12,16-17H2,1-4H3,(H,31,32);1H4. The summed E-state index contributed by atoms with van der Waals surface area (Å²) in [6, 6.07) is 36.1. The van der Waals surface area contributed by atoms with Gasteiger partial charge in [0.15, 0.2) is 0 Å². The Morgan fingerprint density at radius 3 is 1.30 bits per heavy atom. The molecule has 2 unspecified atom stereocenters. The topological polar surface area (TPSA) is 123 Å². The van der Waals surface area contributed by atoms with Gasteiger partial charge >= 0.3 is 11.9 Å². The fourth-order valence-electron chi connectivity index (χ4n) is 9.62. The lowest BCUT2D eigenvalue weighted by atomic mass is 9.84. The minimum absolute atomic E-state index is 0. The largest absolute Gasteiger partial charge is 0.497 e. The van der Waals surface area contributed by atoms with Gasteiger partial charge < -0.3 is 29.1 Å². The first-order valence-corrected chi connectivity index (χ1v) is 23.6. The normalized spacial score (nSPS) is 13.6. The van der Waals surface area contributed by atoms with E-state index in [1.807, 2.05) is 123 Å². The monoisotopic (exact) mass is 944 g/mol. The van der Waals surface area contributed by atoms with Crippen molar-refractivity contribution < 1.29 is 38.5 Å².